The molecule has 0 aliphatic rings. The fraction of sp³-hybridized carbons (Fsp3) is 0.235. The first-order valence-electron chi connectivity index (χ1n) is 7.23. The van der Waals surface area contributed by atoms with Crippen LogP contribution >= 0.6 is 11.6 Å². The first kappa shape index (κ1) is 17.0. The number of hydrogen-bond acceptors (Lipinski definition) is 3. The Balaban J connectivity index is 1.99. The van der Waals surface area contributed by atoms with Crippen molar-refractivity contribution in [2.75, 3.05) is 5.32 Å². The zero-order chi connectivity index (χ0) is 16.8. The lowest BCUT2D eigenvalue weighted by Crippen LogP contribution is -2.31. The summed E-state index contributed by atoms with van der Waals surface area (Å²) in [5.41, 5.74) is 2.15. The van der Waals surface area contributed by atoms with E-state index >= 15 is 0 Å². The Labute approximate surface area is 140 Å². The van der Waals surface area contributed by atoms with E-state index in [1.165, 1.54) is 0 Å². The predicted octanol–water partition coefficient (Wildman–Crippen LogP) is 3.14. The van der Waals surface area contributed by atoms with Crippen LogP contribution < -0.4 is 10.6 Å². The maximum Gasteiger partial charge on any atom is 0.255 e. The van der Waals surface area contributed by atoms with Crippen molar-refractivity contribution in [2.45, 2.75) is 25.3 Å². The van der Waals surface area contributed by atoms with Crippen molar-refractivity contribution in [2.24, 2.45) is 0 Å². The Hall–Kier alpha value is -2.40. The van der Waals surface area contributed by atoms with Crippen molar-refractivity contribution >= 4 is 29.1 Å². The molecule has 5 nitrogen and oxygen atoms in total. The summed E-state index contributed by atoms with van der Waals surface area (Å²) in [6, 6.07) is 10.4. The van der Waals surface area contributed by atoms with Crippen molar-refractivity contribution in [3.05, 3.63) is 59.9 Å². The molecule has 2 unspecified atom stereocenters. The second-order valence-electron chi connectivity index (χ2n) is 5.16. The lowest BCUT2D eigenvalue weighted by atomic mass is 10.1. The standard InChI is InChI=1S/C17H18ClN3O2/c1-11(18)16(22)20-12(2)13-3-5-15(6-4-13)21-17(23)14-7-9-19-10-8-14/h3-12H,1-2H3,(H,20,22)(H,21,23). The average molecular weight is 332 g/mol. The molecular weight excluding hydrogens is 314 g/mol. The molecule has 0 radical (unpaired) electrons. The quantitative estimate of drug-likeness (QED) is 0.827. The summed E-state index contributed by atoms with van der Waals surface area (Å²) < 4.78 is 0. The Morgan fingerprint density at radius 1 is 1.04 bits per heavy atom. The van der Waals surface area contributed by atoms with E-state index in [9.17, 15) is 9.59 Å². The summed E-state index contributed by atoms with van der Waals surface area (Å²) >= 11 is 5.74. The van der Waals surface area contributed by atoms with Gasteiger partial charge in [0, 0.05) is 23.6 Å². The zero-order valence-corrected chi connectivity index (χ0v) is 13.7. The minimum absolute atomic E-state index is 0.159. The highest BCUT2D eigenvalue weighted by molar-refractivity contribution is 6.30. The first-order valence-corrected chi connectivity index (χ1v) is 7.67. The van der Waals surface area contributed by atoms with E-state index in [1.807, 2.05) is 19.1 Å². The summed E-state index contributed by atoms with van der Waals surface area (Å²) in [4.78, 5) is 27.5. The Kier molecular flexibility index (Phi) is 5.71. The molecule has 2 rings (SSSR count). The van der Waals surface area contributed by atoms with Gasteiger partial charge in [-0.25, -0.2) is 0 Å². The van der Waals surface area contributed by atoms with E-state index < -0.39 is 5.38 Å². The molecule has 0 fully saturated rings. The van der Waals surface area contributed by atoms with Crippen LogP contribution in [0.4, 0.5) is 5.69 Å². The van der Waals surface area contributed by atoms with Crippen molar-refractivity contribution in [3.8, 4) is 0 Å². The maximum atomic E-state index is 12.0. The number of aromatic nitrogens is 1. The van der Waals surface area contributed by atoms with Crippen LogP contribution in [0.1, 0.15) is 35.8 Å². The molecule has 2 amide bonds. The van der Waals surface area contributed by atoms with Gasteiger partial charge in [0.25, 0.3) is 5.91 Å². The molecule has 1 aromatic carbocycles. The SMILES string of the molecule is CC(Cl)C(=O)NC(C)c1ccc(NC(=O)c2ccncc2)cc1. The van der Waals surface area contributed by atoms with Crippen molar-refractivity contribution < 1.29 is 9.59 Å². The summed E-state index contributed by atoms with van der Waals surface area (Å²) in [5.74, 6) is -0.410. The highest BCUT2D eigenvalue weighted by atomic mass is 35.5. The first-order chi connectivity index (χ1) is 11.0. The molecule has 2 atom stereocenters. The number of nitrogens with zero attached hydrogens (tertiary/aromatic N) is 1. The lowest BCUT2D eigenvalue weighted by Gasteiger charge is -2.16. The number of anilines is 1. The van der Waals surface area contributed by atoms with Crippen LogP contribution in [0.15, 0.2) is 48.8 Å². The zero-order valence-electron chi connectivity index (χ0n) is 12.9. The lowest BCUT2D eigenvalue weighted by molar-refractivity contribution is -0.121. The number of halogens is 1. The van der Waals surface area contributed by atoms with Gasteiger partial charge in [0.2, 0.25) is 5.91 Å². The van der Waals surface area contributed by atoms with Gasteiger partial charge in [0.05, 0.1) is 6.04 Å². The van der Waals surface area contributed by atoms with Gasteiger partial charge in [0.15, 0.2) is 0 Å². The summed E-state index contributed by atoms with van der Waals surface area (Å²) in [6.45, 7) is 3.50. The molecular formula is C17H18ClN3O2. The second-order valence-corrected chi connectivity index (χ2v) is 5.81. The molecule has 23 heavy (non-hydrogen) atoms. The Morgan fingerprint density at radius 3 is 2.22 bits per heavy atom. The highest BCUT2D eigenvalue weighted by Crippen LogP contribution is 2.17. The number of rotatable bonds is 5. The van der Waals surface area contributed by atoms with E-state index in [1.54, 1.807) is 43.6 Å². The molecule has 0 spiro atoms. The number of pyridine rings is 1. The molecule has 1 heterocycles. The van der Waals surface area contributed by atoms with Crippen LogP contribution in [-0.4, -0.2) is 22.2 Å². The summed E-state index contributed by atoms with van der Waals surface area (Å²) in [5, 5.41) is 5.05. The fourth-order valence-electron chi connectivity index (χ4n) is 1.97. The van der Waals surface area contributed by atoms with Gasteiger partial charge in [-0.2, -0.15) is 0 Å². The number of benzene rings is 1. The smallest absolute Gasteiger partial charge is 0.255 e. The number of carbonyl (C=O) groups is 2. The van der Waals surface area contributed by atoms with Gasteiger partial charge in [-0.3, -0.25) is 14.6 Å². The molecule has 1 aromatic heterocycles. The fourth-order valence-corrected chi connectivity index (χ4v) is 2.04. The predicted molar refractivity (Wildman–Crippen MR) is 90.5 cm³/mol. The normalized spacial score (nSPS) is 13.0. The van der Waals surface area contributed by atoms with Gasteiger partial charge in [-0.05, 0) is 43.7 Å². The molecule has 0 bridgehead atoms. The molecule has 0 aliphatic heterocycles. The van der Waals surface area contributed by atoms with Crippen LogP contribution in [0.3, 0.4) is 0 Å². The maximum absolute atomic E-state index is 12.0. The minimum Gasteiger partial charge on any atom is -0.348 e. The summed E-state index contributed by atoms with van der Waals surface area (Å²) in [7, 11) is 0. The number of carbonyl (C=O) groups excluding carboxylic acids is 2. The van der Waals surface area contributed by atoms with Crippen molar-refractivity contribution in [1.82, 2.24) is 10.3 Å². The molecule has 2 N–H and O–H groups in total. The average Bonchev–Trinajstić information content (AvgIpc) is 2.56. The third kappa shape index (κ3) is 4.79. The van der Waals surface area contributed by atoms with E-state index in [0.29, 0.717) is 11.3 Å². The largest absolute Gasteiger partial charge is 0.348 e. The van der Waals surface area contributed by atoms with Crippen LogP contribution in [0.25, 0.3) is 0 Å². The Morgan fingerprint density at radius 2 is 1.65 bits per heavy atom. The molecule has 0 saturated carbocycles. The summed E-state index contributed by atoms with van der Waals surface area (Å²) in [6.07, 6.45) is 3.14. The van der Waals surface area contributed by atoms with Crippen LogP contribution in [-0.2, 0) is 4.79 Å². The molecule has 6 heteroatoms. The van der Waals surface area contributed by atoms with E-state index in [4.69, 9.17) is 11.6 Å². The van der Waals surface area contributed by atoms with Gasteiger partial charge in [-0.1, -0.05) is 12.1 Å². The topological polar surface area (TPSA) is 71.1 Å². The van der Waals surface area contributed by atoms with Crippen molar-refractivity contribution in [3.63, 3.8) is 0 Å². The molecule has 120 valence electrons. The van der Waals surface area contributed by atoms with Crippen LogP contribution in [0, 0.1) is 0 Å². The van der Waals surface area contributed by atoms with Gasteiger partial charge >= 0.3 is 0 Å². The second kappa shape index (κ2) is 7.74. The molecule has 0 saturated heterocycles. The number of hydrogen-bond donors (Lipinski definition) is 2. The number of amides is 2. The molecule has 0 aliphatic carbocycles. The minimum atomic E-state index is -0.573. The van der Waals surface area contributed by atoms with Gasteiger partial charge in [0.1, 0.15) is 5.38 Å². The third-order valence-corrected chi connectivity index (χ3v) is 3.53. The van der Waals surface area contributed by atoms with Gasteiger partial charge < -0.3 is 10.6 Å². The van der Waals surface area contributed by atoms with E-state index in [-0.39, 0.29) is 17.9 Å². The van der Waals surface area contributed by atoms with Crippen molar-refractivity contribution in [1.29, 1.82) is 0 Å². The third-order valence-electron chi connectivity index (χ3n) is 3.33. The molecule has 2 aromatic rings. The van der Waals surface area contributed by atoms with Crippen LogP contribution in [0.2, 0.25) is 0 Å². The van der Waals surface area contributed by atoms with E-state index in [0.717, 1.165) is 5.56 Å². The number of nitrogens with one attached hydrogen (secondary N) is 2. The highest BCUT2D eigenvalue weighted by Gasteiger charge is 2.13. The van der Waals surface area contributed by atoms with Crippen LogP contribution in [0.5, 0.6) is 0 Å². The number of alkyl halides is 1. The monoisotopic (exact) mass is 331 g/mol. The Bertz CT molecular complexity index is 672. The van der Waals surface area contributed by atoms with Gasteiger partial charge in [-0.15, -0.1) is 11.6 Å². The van der Waals surface area contributed by atoms with E-state index in [2.05, 4.69) is 15.6 Å².